The minimum Gasteiger partial charge on any atom is -0.353 e. The molecule has 0 aromatic heterocycles. The van der Waals surface area contributed by atoms with E-state index in [-0.39, 0.29) is 11.3 Å². The van der Waals surface area contributed by atoms with Crippen molar-refractivity contribution in [3.63, 3.8) is 0 Å². The Morgan fingerprint density at radius 2 is 2.12 bits per heavy atom. The lowest BCUT2D eigenvalue weighted by atomic mass is 9.75. The number of carbonyl (C=O) groups excluding carboxylic acids is 1. The molecule has 1 saturated heterocycles. The van der Waals surface area contributed by atoms with Crippen molar-refractivity contribution in [3.05, 3.63) is 0 Å². The number of rotatable bonds is 6. The molecule has 1 amide bonds. The van der Waals surface area contributed by atoms with Crippen LogP contribution in [0.15, 0.2) is 0 Å². The fraction of sp³-hybridized carbons (Fsp3) is 0.929. The van der Waals surface area contributed by atoms with Gasteiger partial charge in [-0.1, -0.05) is 47.0 Å². The van der Waals surface area contributed by atoms with Gasteiger partial charge >= 0.3 is 0 Å². The first kappa shape index (κ1) is 13.5. The van der Waals surface area contributed by atoms with Gasteiger partial charge in [-0.3, -0.25) is 4.79 Å². The number of hydrogen-bond acceptors (Lipinski definition) is 1. The van der Waals surface area contributed by atoms with E-state index in [4.69, 9.17) is 0 Å². The summed E-state index contributed by atoms with van der Waals surface area (Å²) in [5.41, 5.74) is 0.205. The SMILES string of the molecule is CCCCCC1(C)CC(=O)NC1CC(C)C. The van der Waals surface area contributed by atoms with Gasteiger partial charge in [-0.2, -0.15) is 0 Å². The first-order valence-corrected chi connectivity index (χ1v) is 6.77. The van der Waals surface area contributed by atoms with Gasteiger partial charge in [-0.25, -0.2) is 0 Å². The smallest absolute Gasteiger partial charge is 0.220 e. The lowest BCUT2D eigenvalue weighted by Gasteiger charge is -2.31. The van der Waals surface area contributed by atoms with Crippen LogP contribution in [-0.2, 0) is 4.79 Å². The highest BCUT2D eigenvalue weighted by molar-refractivity contribution is 5.79. The number of hydrogen-bond donors (Lipinski definition) is 1. The molecule has 16 heavy (non-hydrogen) atoms. The van der Waals surface area contributed by atoms with Crippen LogP contribution in [0.3, 0.4) is 0 Å². The van der Waals surface area contributed by atoms with Gasteiger partial charge in [0.05, 0.1) is 0 Å². The molecule has 1 aliphatic rings. The fourth-order valence-corrected chi connectivity index (χ4v) is 2.77. The van der Waals surface area contributed by atoms with Crippen LogP contribution < -0.4 is 5.32 Å². The Kier molecular flexibility index (Phi) is 4.82. The van der Waals surface area contributed by atoms with Crippen molar-refractivity contribution in [2.24, 2.45) is 11.3 Å². The minimum atomic E-state index is 0.205. The highest BCUT2D eigenvalue weighted by Gasteiger charge is 2.42. The summed E-state index contributed by atoms with van der Waals surface area (Å²) >= 11 is 0. The summed E-state index contributed by atoms with van der Waals surface area (Å²) in [6.45, 7) is 8.98. The Balaban J connectivity index is 2.55. The molecule has 1 N–H and O–H groups in total. The maximum atomic E-state index is 11.6. The van der Waals surface area contributed by atoms with Crippen LogP contribution in [0.1, 0.15) is 66.2 Å². The van der Waals surface area contributed by atoms with Gasteiger partial charge in [0, 0.05) is 12.5 Å². The van der Waals surface area contributed by atoms with Crippen molar-refractivity contribution in [3.8, 4) is 0 Å². The topological polar surface area (TPSA) is 29.1 Å². The van der Waals surface area contributed by atoms with Crippen LogP contribution in [0.5, 0.6) is 0 Å². The van der Waals surface area contributed by atoms with E-state index in [0.29, 0.717) is 12.0 Å². The summed E-state index contributed by atoms with van der Waals surface area (Å²) in [7, 11) is 0. The van der Waals surface area contributed by atoms with Crippen molar-refractivity contribution in [1.29, 1.82) is 0 Å². The Morgan fingerprint density at radius 1 is 1.44 bits per heavy atom. The molecular weight excluding hydrogens is 198 g/mol. The maximum absolute atomic E-state index is 11.6. The summed E-state index contributed by atoms with van der Waals surface area (Å²) in [6, 6.07) is 0.400. The summed E-state index contributed by atoms with van der Waals surface area (Å²) < 4.78 is 0. The Morgan fingerprint density at radius 3 is 2.69 bits per heavy atom. The van der Waals surface area contributed by atoms with Gasteiger partial charge in [-0.15, -0.1) is 0 Å². The monoisotopic (exact) mass is 225 g/mol. The third-order valence-corrected chi connectivity index (χ3v) is 3.80. The van der Waals surface area contributed by atoms with E-state index in [1.54, 1.807) is 0 Å². The van der Waals surface area contributed by atoms with Gasteiger partial charge in [-0.05, 0) is 24.2 Å². The predicted octanol–water partition coefficient (Wildman–Crippen LogP) is 3.51. The van der Waals surface area contributed by atoms with E-state index in [0.717, 1.165) is 12.8 Å². The van der Waals surface area contributed by atoms with Crippen LogP contribution in [0.25, 0.3) is 0 Å². The van der Waals surface area contributed by atoms with Gasteiger partial charge in [0.15, 0.2) is 0 Å². The summed E-state index contributed by atoms with van der Waals surface area (Å²) in [5.74, 6) is 0.915. The zero-order valence-corrected chi connectivity index (χ0v) is 11.3. The third kappa shape index (κ3) is 3.50. The number of unbranched alkanes of at least 4 members (excludes halogenated alkanes) is 2. The second-order valence-corrected chi connectivity index (χ2v) is 6.04. The van der Waals surface area contributed by atoms with E-state index in [9.17, 15) is 4.79 Å². The van der Waals surface area contributed by atoms with Gasteiger partial charge in [0.1, 0.15) is 0 Å². The summed E-state index contributed by atoms with van der Waals surface area (Å²) in [5, 5.41) is 3.16. The molecule has 0 saturated carbocycles. The van der Waals surface area contributed by atoms with E-state index >= 15 is 0 Å². The highest BCUT2D eigenvalue weighted by Crippen LogP contribution is 2.39. The van der Waals surface area contributed by atoms with Crippen LogP contribution >= 0.6 is 0 Å². The van der Waals surface area contributed by atoms with Gasteiger partial charge < -0.3 is 5.32 Å². The summed E-state index contributed by atoms with van der Waals surface area (Å²) in [4.78, 5) is 11.6. The van der Waals surface area contributed by atoms with Crippen LogP contribution in [0.2, 0.25) is 0 Å². The number of carbonyl (C=O) groups is 1. The molecule has 0 radical (unpaired) electrons. The second kappa shape index (κ2) is 5.70. The average molecular weight is 225 g/mol. The molecular formula is C14H27NO. The minimum absolute atomic E-state index is 0.205. The number of amides is 1. The molecule has 0 aromatic rings. The van der Waals surface area contributed by atoms with Crippen LogP contribution in [-0.4, -0.2) is 11.9 Å². The highest BCUT2D eigenvalue weighted by atomic mass is 16.2. The van der Waals surface area contributed by atoms with Crippen molar-refractivity contribution in [2.75, 3.05) is 0 Å². The maximum Gasteiger partial charge on any atom is 0.220 e. The molecule has 1 aliphatic heterocycles. The van der Waals surface area contributed by atoms with Gasteiger partial charge in [0.2, 0.25) is 5.91 Å². The van der Waals surface area contributed by atoms with E-state index < -0.39 is 0 Å². The predicted molar refractivity (Wildman–Crippen MR) is 68.3 cm³/mol. The molecule has 2 nitrogen and oxygen atoms in total. The normalized spacial score (nSPS) is 29.8. The standard InChI is InChI=1S/C14H27NO/c1-5-6-7-8-14(4)10-13(16)15-12(14)9-11(2)3/h11-12H,5-10H2,1-4H3,(H,15,16). The zero-order chi connectivity index (χ0) is 12.2. The first-order chi connectivity index (χ1) is 7.48. The van der Waals surface area contributed by atoms with Crippen molar-refractivity contribution in [1.82, 2.24) is 5.32 Å². The molecule has 2 unspecified atom stereocenters. The Hall–Kier alpha value is -0.530. The van der Waals surface area contributed by atoms with Crippen molar-refractivity contribution < 1.29 is 4.79 Å². The molecule has 2 heteroatoms. The van der Waals surface area contributed by atoms with Crippen molar-refractivity contribution >= 4 is 5.91 Å². The van der Waals surface area contributed by atoms with Gasteiger partial charge in [0.25, 0.3) is 0 Å². The quantitative estimate of drug-likeness (QED) is 0.689. The molecule has 0 bridgehead atoms. The zero-order valence-electron chi connectivity index (χ0n) is 11.3. The second-order valence-electron chi connectivity index (χ2n) is 6.04. The molecule has 0 aromatic carbocycles. The number of nitrogens with one attached hydrogen (secondary N) is 1. The van der Waals surface area contributed by atoms with Crippen LogP contribution in [0.4, 0.5) is 0 Å². The molecule has 94 valence electrons. The largest absolute Gasteiger partial charge is 0.353 e. The van der Waals surface area contributed by atoms with E-state index in [1.165, 1.54) is 25.7 Å². The Labute approximate surface area is 100 Å². The molecule has 2 atom stereocenters. The molecule has 1 fully saturated rings. The van der Waals surface area contributed by atoms with Crippen LogP contribution in [0, 0.1) is 11.3 Å². The fourth-order valence-electron chi connectivity index (χ4n) is 2.77. The average Bonchev–Trinajstić information content (AvgIpc) is 2.41. The summed E-state index contributed by atoms with van der Waals surface area (Å²) in [6.07, 6.45) is 6.85. The third-order valence-electron chi connectivity index (χ3n) is 3.80. The molecule has 0 spiro atoms. The first-order valence-electron chi connectivity index (χ1n) is 6.77. The van der Waals surface area contributed by atoms with E-state index in [1.807, 2.05) is 0 Å². The lowest BCUT2D eigenvalue weighted by Crippen LogP contribution is -2.36. The molecule has 1 heterocycles. The lowest BCUT2D eigenvalue weighted by molar-refractivity contribution is -0.119. The van der Waals surface area contributed by atoms with E-state index in [2.05, 4.69) is 33.0 Å². The molecule has 0 aliphatic carbocycles. The van der Waals surface area contributed by atoms with Crippen molar-refractivity contribution in [2.45, 2.75) is 72.3 Å². The molecule has 1 rings (SSSR count). The Bertz CT molecular complexity index is 237.